The summed E-state index contributed by atoms with van der Waals surface area (Å²) in [4.78, 5) is 2.31. The van der Waals surface area contributed by atoms with E-state index in [4.69, 9.17) is 0 Å². The first-order valence-electron chi connectivity index (χ1n) is 8.85. The molecule has 1 aromatic rings. The summed E-state index contributed by atoms with van der Waals surface area (Å²) in [6.45, 7) is 19.3. The molecule has 1 nitrogen and oxygen atoms in total. The first-order chi connectivity index (χ1) is 10.1. The molecule has 1 aliphatic heterocycles. The van der Waals surface area contributed by atoms with Gasteiger partial charge in [-0.05, 0) is 38.0 Å². The molecular weight excluding hydrogens is 278 g/mol. The van der Waals surface area contributed by atoms with Gasteiger partial charge in [-0.1, -0.05) is 107 Å². The van der Waals surface area contributed by atoms with Crippen molar-refractivity contribution in [3.05, 3.63) is 35.9 Å². The molecule has 1 heteroatoms. The third-order valence-electron chi connectivity index (χ3n) is 2.55. The maximum Gasteiger partial charge on any atom is -0.000959 e. The van der Waals surface area contributed by atoms with Gasteiger partial charge in [-0.15, -0.1) is 0 Å². The van der Waals surface area contributed by atoms with Crippen molar-refractivity contribution in [3.8, 4) is 0 Å². The van der Waals surface area contributed by atoms with E-state index in [0.717, 1.165) is 0 Å². The fraction of sp³-hybridized carbons (Fsp3) is 0.727. The molecule has 142 valence electrons. The van der Waals surface area contributed by atoms with E-state index in [2.05, 4.69) is 63.9 Å². The van der Waals surface area contributed by atoms with Gasteiger partial charge in [0.2, 0.25) is 0 Å². The van der Waals surface area contributed by atoms with E-state index in [-0.39, 0.29) is 14.9 Å². The lowest BCUT2D eigenvalue weighted by molar-refractivity contribution is 0.229. The Morgan fingerprint density at radius 2 is 1.17 bits per heavy atom. The van der Waals surface area contributed by atoms with Gasteiger partial charge in [0.15, 0.2) is 0 Å². The molecule has 1 aromatic carbocycles. The second kappa shape index (κ2) is 29.2. The van der Waals surface area contributed by atoms with Crippen LogP contribution in [0.2, 0.25) is 0 Å². The van der Waals surface area contributed by atoms with E-state index in [0.29, 0.717) is 5.92 Å². The summed E-state index contributed by atoms with van der Waals surface area (Å²) in [6, 6.07) is 10.5. The number of hydrogen-bond donors (Lipinski definition) is 0. The second-order valence-corrected chi connectivity index (χ2v) is 4.93. The zero-order valence-electron chi connectivity index (χ0n) is 16.2. The molecular formula is C22H49N. The summed E-state index contributed by atoms with van der Waals surface area (Å²) >= 11 is 0. The van der Waals surface area contributed by atoms with Crippen LogP contribution in [0.25, 0.3) is 0 Å². The Balaban J connectivity index is -0.0000000670. The molecule has 1 fully saturated rings. The number of hydrogen-bond acceptors (Lipinski definition) is 1. The van der Waals surface area contributed by atoms with Crippen LogP contribution in [0.5, 0.6) is 0 Å². The summed E-state index contributed by atoms with van der Waals surface area (Å²) in [6.07, 6.45) is 2.66. The van der Waals surface area contributed by atoms with Crippen molar-refractivity contribution >= 4 is 0 Å². The summed E-state index contributed by atoms with van der Waals surface area (Å²) < 4.78 is 0. The Hall–Kier alpha value is -0.820. The smallest absolute Gasteiger partial charge is 0.000959 e. The fourth-order valence-corrected chi connectivity index (χ4v) is 1.31. The first kappa shape index (κ1) is 33.7. The van der Waals surface area contributed by atoms with Gasteiger partial charge in [0.1, 0.15) is 0 Å². The maximum absolute atomic E-state index is 2.31. The highest BCUT2D eigenvalue weighted by molar-refractivity contribution is 5.17. The van der Waals surface area contributed by atoms with Crippen molar-refractivity contribution in [1.29, 1.82) is 0 Å². The number of likely N-dealkylation sites (tertiary alicyclic amines) is 1. The number of rotatable bonds is 1. The van der Waals surface area contributed by atoms with Crippen LogP contribution in [-0.4, -0.2) is 25.0 Å². The lowest BCUT2D eigenvalue weighted by Gasteiger charge is -2.24. The standard InChI is InChI=1S/C9H12.C4H9N.C3H8.2C2H6.2CH4/c1-8(2)9-6-4-3-5-7-9;1-5-3-2-4-5;1-3-2;2*1-2;;/h3-8H,1-2H3;2-4H2,1H3;3H2,1-2H3;2*1-2H3;2*1H4. The van der Waals surface area contributed by atoms with E-state index in [9.17, 15) is 0 Å². The lowest BCUT2D eigenvalue weighted by Crippen LogP contribution is -2.32. The Kier molecular flexibility index (Phi) is 42.8. The highest BCUT2D eigenvalue weighted by atomic mass is 15.1. The van der Waals surface area contributed by atoms with Crippen molar-refractivity contribution in [2.75, 3.05) is 20.1 Å². The third-order valence-corrected chi connectivity index (χ3v) is 2.55. The first-order valence-corrected chi connectivity index (χ1v) is 8.85. The van der Waals surface area contributed by atoms with Gasteiger partial charge in [0.05, 0.1) is 0 Å². The molecule has 0 aromatic heterocycles. The molecule has 2 rings (SSSR count). The summed E-state index contributed by atoms with van der Waals surface area (Å²) in [5, 5.41) is 0. The molecule has 0 atom stereocenters. The van der Waals surface area contributed by atoms with Crippen molar-refractivity contribution in [2.24, 2.45) is 0 Å². The largest absolute Gasteiger partial charge is 0.306 e. The van der Waals surface area contributed by atoms with Crippen LogP contribution in [0.15, 0.2) is 30.3 Å². The molecule has 23 heavy (non-hydrogen) atoms. The average Bonchev–Trinajstić information content (AvgIpc) is 2.51. The van der Waals surface area contributed by atoms with Gasteiger partial charge in [0, 0.05) is 0 Å². The monoisotopic (exact) mass is 327 g/mol. The highest BCUT2D eigenvalue weighted by Crippen LogP contribution is 2.11. The predicted molar refractivity (Wildman–Crippen MR) is 115 cm³/mol. The molecule has 0 radical (unpaired) electrons. The van der Waals surface area contributed by atoms with Gasteiger partial charge in [0.25, 0.3) is 0 Å². The maximum atomic E-state index is 2.31. The summed E-state index contributed by atoms with van der Waals surface area (Å²) in [7, 11) is 2.14. The lowest BCUT2D eigenvalue weighted by atomic mass is 10.0. The normalized spacial score (nSPS) is 10.9. The van der Waals surface area contributed by atoms with Crippen LogP contribution >= 0.6 is 0 Å². The fourth-order valence-electron chi connectivity index (χ4n) is 1.31. The molecule has 0 aliphatic carbocycles. The highest BCUT2D eigenvalue weighted by Gasteiger charge is 2.04. The molecule has 0 N–H and O–H groups in total. The van der Waals surface area contributed by atoms with E-state index in [1.54, 1.807) is 0 Å². The van der Waals surface area contributed by atoms with Gasteiger partial charge in [-0.2, -0.15) is 0 Å². The minimum absolute atomic E-state index is 0. The van der Waals surface area contributed by atoms with Crippen LogP contribution in [-0.2, 0) is 0 Å². The molecule has 0 spiro atoms. The van der Waals surface area contributed by atoms with E-state index in [1.807, 2.05) is 33.8 Å². The molecule has 0 unspecified atom stereocenters. The number of nitrogens with zero attached hydrogens (tertiary/aromatic N) is 1. The summed E-state index contributed by atoms with van der Waals surface area (Å²) in [5.74, 6) is 0.659. The Morgan fingerprint density at radius 3 is 1.30 bits per heavy atom. The Morgan fingerprint density at radius 1 is 0.870 bits per heavy atom. The molecule has 0 amide bonds. The van der Waals surface area contributed by atoms with Crippen molar-refractivity contribution < 1.29 is 0 Å². The van der Waals surface area contributed by atoms with E-state index < -0.39 is 0 Å². The third kappa shape index (κ3) is 26.4. The summed E-state index contributed by atoms with van der Waals surface area (Å²) in [5.41, 5.74) is 1.41. The van der Waals surface area contributed by atoms with Crippen LogP contribution < -0.4 is 0 Å². The molecule has 1 heterocycles. The van der Waals surface area contributed by atoms with Crippen LogP contribution in [0.3, 0.4) is 0 Å². The van der Waals surface area contributed by atoms with Crippen LogP contribution in [0, 0.1) is 0 Å². The van der Waals surface area contributed by atoms with Crippen molar-refractivity contribution in [3.63, 3.8) is 0 Å². The van der Waals surface area contributed by atoms with E-state index in [1.165, 1.54) is 31.5 Å². The number of benzene rings is 1. The molecule has 1 aliphatic rings. The van der Waals surface area contributed by atoms with Crippen molar-refractivity contribution in [1.82, 2.24) is 4.90 Å². The van der Waals surface area contributed by atoms with E-state index >= 15 is 0 Å². The minimum atomic E-state index is 0. The average molecular weight is 328 g/mol. The zero-order valence-corrected chi connectivity index (χ0v) is 16.2. The SMILES string of the molecule is C.C.CC.CC.CC(C)c1ccccc1.CCC.CN1CCC1. The zero-order chi connectivity index (χ0) is 17.1. The predicted octanol–water partition coefficient (Wildman–Crippen LogP) is 7.87. The molecule has 0 saturated carbocycles. The molecule has 0 bridgehead atoms. The van der Waals surface area contributed by atoms with Crippen LogP contribution in [0.1, 0.15) is 94.6 Å². The van der Waals surface area contributed by atoms with Crippen LogP contribution in [0.4, 0.5) is 0 Å². The second-order valence-electron chi connectivity index (χ2n) is 4.93. The van der Waals surface area contributed by atoms with Gasteiger partial charge < -0.3 is 4.90 Å². The van der Waals surface area contributed by atoms with Gasteiger partial charge in [-0.3, -0.25) is 0 Å². The minimum Gasteiger partial charge on any atom is -0.306 e. The Bertz CT molecular complexity index is 250. The van der Waals surface area contributed by atoms with Gasteiger partial charge >= 0.3 is 0 Å². The molecule has 1 saturated heterocycles. The van der Waals surface area contributed by atoms with Gasteiger partial charge in [-0.25, -0.2) is 0 Å². The Labute approximate surface area is 150 Å². The quantitative estimate of drug-likeness (QED) is 0.507. The topological polar surface area (TPSA) is 3.24 Å². The van der Waals surface area contributed by atoms with Crippen molar-refractivity contribution in [2.45, 2.75) is 89.0 Å².